The summed E-state index contributed by atoms with van der Waals surface area (Å²) in [6.45, 7) is -5.10. The molecule has 0 atom stereocenters. The molecule has 2 nitrogen and oxygen atoms in total. The Balaban J connectivity index is 3.50. The zero-order valence-corrected chi connectivity index (χ0v) is 19.1. The van der Waals surface area contributed by atoms with Gasteiger partial charge in [0, 0.05) is 11.8 Å². The predicted molar refractivity (Wildman–Crippen MR) is 88.5 cm³/mol. The second-order valence-electron chi connectivity index (χ2n) is 9.16. The summed E-state index contributed by atoms with van der Waals surface area (Å²) < 4.78 is 271. The van der Waals surface area contributed by atoms with E-state index >= 15 is 0 Å². The first-order valence-corrected chi connectivity index (χ1v) is 10.3. The number of halogens is 20. The standard InChI is InChI=1S/C18H16F20O2/c1-9(13(21,22)23,14(24,25)26)12(17(33,34)35,18(36,37)38)40-6-10(19,20)7-2-4-8(5-3-7)11(39,15(27,28)29)16(30,31)32/h7-8,39H,2-6H2,1H3. The summed E-state index contributed by atoms with van der Waals surface area (Å²) in [4.78, 5) is 0. The van der Waals surface area contributed by atoms with E-state index in [9.17, 15) is 92.9 Å². The third-order valence-corrected chi connectivity index (χ3v) is 6.90. The Morgan fingerprint density at radius 1 is 0.500 bits per heavy atom. The summed E-state index contributed by atoms with van der Waals surface area (Å²) >= 11 is 0. The average molecular weight is 644 g/mol. The first-order chi connectivity index (χ1) is 17.2. The van der Waals surface area contributed by atoms with E-state index in [4.69, 9.17) is 0 Å². The number of hydrogen-bond donors (Lipinski definition) is 1. The monoisotopic (exact) mass is 644 g/mol. The van der Waals surface area contributed by atoms with Gasteiger partial charge in [0.15, 0.2) is 0 Å². The lowest BCUT2D eigenvalue weighted by atomic mass is 9.69. The first-order valence-electron chi connectivity index (χ1n) is 10.3. The average Bonchev–Trinajstić information content (AvgIpc) is 2.68. The van der Waals surface area contributed by atoms with Crippen LogP contribution >= 0.6 is 0 Å². The summed E-state index contributed by atoms with van der Waals surface area (Å²) in [6, 6.07) is 0. The molecule has 1 rings (SSSR count). The largest absolute Gasteiger partial charge is 0.427 e. The summed E-state index contributed by atoms with van der Waals surface area (Å²) in [7, 11) is 0. The molecule has 0 aromatic carbocycles. The van der Waals surface area contributed by atoms with Gasteiger partial charge in [0.25, 0.3) is 17.1 Å². The highest BCUT2D eigenvalue weighted by Gasteiger charge is 2.92. The molecule has 40 heavy (non-hydrogen) atoms. The van der Waals surface area contributed by atoms with Crippen LogP contribution in [0.2, 0.25) is 0 Å². The number of hydrogen-bond acceptors (Lipinski definition) is 2. The molecular formula is C18H16F20O2. The zero-order chi connectivity index (χ0) is 32.4. The number of rotatable bonds is 6. The fourth-order valence-electron chi connectivity index (χ4n) is 4.48. The highest BCUT2D eigenvalue weighted by Crippen LogP contribution is 2.67. The molecular weight excluding hydrogens is 628 g/mol. The molecule has 1 aliphatic carbocycles. The van der Waals surface area contributed by atoms with Crippen molar-refractivity contribution >= 4 is 0 Å². The van der Waals surface area contributed by atoms with Gasteiger partial charge in [-0.3, -0.25) is 0 Å². The van der Waals surface area contributed by atoms with Crippen molar-refractivity contribution in [1.82, 2.24) is 0 Å². The molecule has 0 bridgehead atoms. The molecule has 0 aromatic heterocycles. The minimum Gasteiger partial charge on any atom is -0.373 e. The van der Waals surface area contributed by atoms with E-state index < -0.39 is 111 Å². The van der Waals surface area contributed by atoms with Crippen LogP contribution < -0.4 is 0 Å². The van der Waals surface area contributed by atoms with Crippen molar-refractivity contribution in [2.75, 3.05) is 6.61 Å². The molecule has 0 amide bonds. The Hall–Kier alpha value is -1.48. The van der Waals surface area contributed by atoms with Crippen molar-refractivity contribution in [2.24, 2.45) is 17.3 Å². The summed E-state index contributed by atoms with van der Waals surface area (Å²) in [5.41, 5.74) is -19.8. The lowest BCUT2D eigenvalue weighted by molar-refractivity contribution is -0.491. The van der Waals surface area contributed by atoms with Crippen molar-refractivity contribution in [2.45, 2.75) is 86.8 Å². The number of alkyl halides is 20. The fourth-order valence-corrected chi connectivity index (χ4v) is 4.48. The van der Waals surface area contributed by atoms with E-state index in [-0.39, 0.29) is 0 Å². The zero-order valence-electron chi connectivity index (χ0n) is 19.1. The molecule has 0 aromatic rings. The van der Waals surface area contributed by atoms with Gasteiger partial charge in [0.2, 0.25) is 5.41 Å². The molecule has 0 aliphatic heterocycles. The molecule has 240 valence electrons. The first kappa shape index (κ1) is 36.5. The summed E-state index contributed by atoms with van der Waals surface area (Å²) in [6.07, 6.45) is -49.8. The summed E-state index contributed by atoms with van der Waals surface area (Å²) in [5, 5.41) is 9.30. The van der Waals surface area contributed by atoms with Gasteiger partial charge in [-0.15, -0.1) is 0 Å². The Kier molecular flexibility index (Phi) is 9.19. The van der Waals surface area contributed by atoms with E-state index in [1.807, 2.05) is 0 Å². The Labute approximate surface area is 209 Å². The molecule has 0 saturated heterocycles. The second-order valence-corrected chi connectivity index (χ2v) is 9.16. The third kappa shape index (κ3) is 5.62. The van der Waals surface area contributed by atoms with Gasteiger partial charge in [-0.1, -0.05) is 0 Å². The van der Waals surface area contributed by atoms with Crippen LogP contribution in [0.3, 0.4) is 0 Å². The van der Waals surface area contributed by atoms with E-state index in [0.29, 0.717) is 0 Å². The summed E-state index contributed by atoms with van der Waals surface area (Å²) in [5.74, 6) is -10.9. The van der Waals surface area contributed by atoms with Crippen molar-refractivity contribution in [3.05, 3.63) is 0 Å². The molecule has 1 N–H and O–H groups in total. The minimum atomic E-state index is -7.73. The minimum absolute atomic E-state index is 1.60. The van der Waals surface area contributed by atoms with Crippen LogP contribution in [0.15, 0.2) is 0 Å². The van der Waals surface area contributed by atoms with E-state index in [2.05, 4.69) is 4.74 Å². The van der Waals surface area contributed by atoms with Crippen LogP contribution in [0.1, 0.15) is 32.6 Å². The van der Waals surface area contributed by atoms with Crippen LogP contribution in [-0.2, 0) is 4.74 Å². The Morgan fingerprint density at radius 3 is 1.05 bits per heavy atom. The topological polar surface area (TPSA) is 29.5 Å². The lowest BCUT2D eigenvalue weighted by Crippen LogP contribution is -2.76. The maximum Gasteiger partial charge on any atom is 0.427 e. The molecule has 1 saturated carbocycles. The van der Waals surface area contributed by atoms with Gasteiger partial charge in [-0.25, -0.2) is 8.78 Å². The van der Waals surface area contributed by atoms with Crippen LogP contribution in [0.4, 0.5) is 87.8 Å². The van der Waals surface area contributed by atoms with Gasteiger partial charge >= 0.3 is 37.1 Å². The second kappa shape index (κ2) is 10.1. The van der Waals surface area contributed by atoms with Crippen LogP contribution in [0.5, 0.6) is 0 Å². The molecule has 0 unspecified atom stereocenters. The Bertz CT molecular complexity index is 821. The van der Waals surface area contributed by atoms with Crippen molar-refractivity contribution in [1.29, 1.82) is 0 Å². The van der Waals surface area contributed by atoms with E-state index in [0.717, 1.165) is 0 Å². The quantitative estimate of drug-likeness (QED) is 0.295. The predicted octanol–water partition coefficient (Wildman–Crippen LogP) is 8.29. The SMILES string of the molecule is CC(C(F)(F)F)(C(F)(F)F)C(OCC(F)(F)C1CCC(C(O)(C(F)(F)F)C(F)(F)F)CC1)(C(F)(F)F)C(F)(F)F. The molecule has 0 radical (unpaired) electrons. The van der Waals surface area contributed by atoms with E-state index in [1.165, 1.54) is 0 Å². The highest BCUT2D eigenvalue weighted by atomic mass is 19.4. The molecule has 22 heteroatoms. The van der Waals surface area contributed by atoms with Gasteiger partial charge in [0.05, 0.1) is 0 Å². The molecule has 1 fully saturated rings. The highest BCUT2D eigenvalue weighted by molar-refractivity contribution is 5.14. The van der Waals surface area contributed by atoms with Crippen LogP contribution in [0, 0.1) is 17.3 Å². The fraction of sp³-hybridized carbons (Fsp3) is 1.00. The molecule has 1 aliphatic rings. The van der Waals surface area contributed by atoms with Gasteiger partial charge in [-0.2, -0.15) is 79.0 Å². The van der Waals surface area contributed by atoms with Crippen molar-refractivity contribution in [3.8, 4) is 0 Å². The molecule has 0 spiro atoms. The van der Waals surface area contributed by atoms with Crippen molar-refractivity contribution in [3.63, 3.8) is 0 Å². The van der Waals surface area contributed by atoms with Crippen LogP contribution in [0.25, 0.3) is 0 Å². The van der Waals surface area contributed by atoms with Crippen molar-refractivity contribution < 1.29 is 97.7 Å². The maximum atomic E-state index is 14.6. The van der Waals surface area contributed by atoms with Gasteiger partial charge < -0.3 is 9.84 Å². The van der Waals surface area contributed by atoms with Gasteiger partial charge in [-0.05, 0) is 32.6 Å². The van der Waals surface area contributed by atoms with E-state index in [1.54, 1.807) is 0 Å². The lowest BCUT2D eigenvalue weighted by Gasteiger charge is -2.50. The smallest absolute Gasteiger partial charge is 0.373 e. The van der Waals surface area contributed by atoms with Gasteiger partial charge in [0.1, 0.15) is 6.61 Å². The maximum absolute atomic E-state index is 14.6. The Morgan fingerprint density at radius 2 is 0.800 bits per heavy atom. The third-order valence-electron chi connectivity index (χ3n) is 6.90. The molecule has 0 heterocycles. The normalized spacial score (nSPS) is 22.1. The number of aliphatic hydroxyl groups is 1. The van der Waals surface area contributed by atoms with Crippen LogP contribution in [-0.4, -0.2) is 65.9 Å². The number of ether oxygens (including phenoxy) is 1.